The molecule has 1 aromatic heterocycles. The van der Waals surface area contributed by atoms with Gasteiger partial charge in [-0.05, 0) is 45.1 Å². The largest absolute Gasteiger partial charge is 0.378 e. The molecule has 6 nitrogen and oxygen atoms in total. The van der Waals surface area contributed by atoms with Gasteiger partial charge in [-0.1, -0.05) is 0 Å². The van der Waals surface area contributed by atoms with Crippen molar-refractivity contribution in [3.63, 3.8) is 0 Å². The summed E-state index contributed by atoms with van der Waals surface area (Å²) in [6.07, 6.45) is 7.76. The molecule has 0 spiro atoms. The van der Waals surface area contributed by atoms with Crippen molar-refractivity contribution in [3.05, 3.63) is 17.2 Å². The van der Waals surface area contributed by atoms with E-state index in [0.29, 0.717) is 25.7 Å². The van der Waals surface area contributed by atoms with E-state index < -0.39 is 0 Å². The van der Waals surface area contributed by atoms with Crippen molar-refractivity contribution in [2.45, 2.75) is 51.0 Å². The number of nitrogens with zero attached hydrogens (tertiary/aromatic N) is 3. The molecule has 0 saturated carbocycles. The quantitative estimate of drug-likeness (QED) is 0.911. The van der Waals surface area contributed by atoms with Gasteiger partial charge >= 0.3 is 0 Å². The lowest BCUT2D eigenvalue weighted by molar-refractivity contribution is -0.135. The fourth-order valence-corrected chi connectivity index (χ4v) is 4.25. The molecule has 2 fully saturated rings. The minimum absolute atomic E-state index is 0.266. The number of aryl methyl sites for hydroxylation is 2. The van der Waals surface area contributed by atoms with E-state index >= 15 is 0 Å². The average molecular weight is 332 g/mol. The van der Waals surface area contributed by atoms with Crippen LogP contribution in [0.15, 0.2) is 0 Å². The number of carbonyl (C=O) groups excluding carboxylic acids is 1. The number of H-pyrrole nitrogens is 1. The zero-order chi connectivity index (χ0) is 16.4. The van der Waals surface area contributed by atoms with Crippen molar-refractivity contribution in [2.24, 2.45) is 0 Å². The predicted molar refractivity (Wildman–Crippen MR) is 90.8 cm³/mol. The zero-order valence-electron chi connectivity index (χ0n) is 14.4. The van der Waals surface area contributed by atoms with Crippen LogP contribution in [-0.2, 0) is 22.4 Å². The van der Waals surface area contributed by atoms with Crippen molar-refractivity contribution < 1.29 is 9.53 Å². The van der Waals surface area contributed by atoms with E-state index in [-0.39, 0.29) is 5.91 Å². The maximum absolute atomic E-state index is 12.4. The highest BCUT2D eigenvalue weighted by Crippen LogP contribution is 2.32. The number of ether oxygens (including phenoxy) is 1. The molecule has 2 saturated heterocycles. The molecule has 3 heterocycles. The normalized spacial score (nSPS) is 25.0. The van der Waals surface area contributed by atoms with Gasteiger partial charge < -0.3 is 14.6 Å². The lowest BCUT2D eigenvalue weighted by atomic mass is 10.0. The van der Waals surface area contributed by atoms with Gasteiger partial charge in [-0.15, -0.1) is 0 Å². The van der Waals surface area contributed by atoms with Crippen LogP contribution in [0.1, 0.15) is 55.4 Å². The van der Waals surface area contributed by atoms with Crippen molar-refractivity contribution in [1.29, 1.82) is 0 Å². The molecule has 1 N–H and O–H groups in total. The van der Waals surface area contributed by atoms with E-state index in [1.54, 1.807) is 0 Å². The van der Waals surface area contributed by atoms with Crippen LogP contribution < -0.4 is 0 Å². The molecule has 1 aromatic rings. The van der Waals surface area contributed by atoms with Crippen LogP contribution >= 0.6 is 0 Å². The van der Waals surface area contributed by atoms with Gasteiger partial charge in [0.05, 0.1) is 24.9 Å². The number of carbonyl (C=O) groups is 1. The molecule has 3 aliphatic rings. The monoisotopic (exact) mass is 332 g/mol. The second-order valence-electron chi connectivity index (χ2n) is 7.19. The van der Waals surface area contributed by atoms with Crippen LogP contribution in [0.3, 0.4) is 0 Å². The zero-order valence-corrected chi connectivity index (χ0v) is 14.4. The number of nitrogens with one attached hydrogen (secondary N) is 1. The van der Waals surface area contributed by atoms with Crippen molar-refractivity contribution in [2.75, 3.05) is 39.4 Å². The van der Waals surface area contributed by atoms with Crippen molar-refractivity contribution >= 4 is 5.91 Å². The summed E-state index contributed by atoms with van der Waals surface area (Å²) in [5.74, 6) is 1.40. The topological polar surface area (TPSA) is 61.5 Å². The Bertz CT molecular complexity index is 556. The van der Waals surface area contributed by atoms with Gasteiger partial charge in [-0.25, -0.2) is 4.98 Å². The Balaban J connectivity index is 1.36. The first-order chi connectivity index (χ1) is 11.8. The average Bonchev–Trinajstić information content (AvgIpc) is 3.26. The minimum Gasteiger partial charge on any atom is -0.378 e. The highest BCUT2D eigenvalue weighted by molar-refractivity contribution is 5.76. The molecule has 6 heteroatoms. The summed E-state index contributed by atoms with van der Waals surface area (Å²) in [5.41, 5.74) is 2.64. The molecular weight excluding hydrogens is 304 g/mol. The number of imidazole rings is 1. The Morgan fingerprint density at radius 3 is 2.83 bits per heavy atom. The fraction of sp³-hybridized carbons (Fsp3) is 0.778. The van der Waals surface area contributed by atoms with E-state index in [9.17, 15) is 4.79 Å². The van der Waals surface area contributed by atoms with Crippen LogP contribution in [0.2, 0.25) is 0 Å². The first-order valence-corrected chi connectivity index (χ1v) is 9.48. The summed E-state index contributed by atoms with van der Waals surface area (Å²) in [6.45, 7) is 4.75. The molecule has 1 aliphatic carbocycles. The Labute approximate surface area is 143 Å². The molecule has 24 heavy (non-hydrogen) atoms. The molecule has 0 unspecified atom stereocenters. The summed E-state index contributed by atoms with van der Waals surface area (Å²) in [6, 6.07) is 0.369. The highest BCUT2D eigenvalue weighted by Gasteiger charge is 2.30. The minimum atomic E-state index is 0.266. The van der Waals surface area contributed by atoms with Crippen LogP contribution in [0.5, 0.6) is 0 Å². The van der Waals surface area contributed by atoms with Gasteiger partial charge in [-0.2, -0.15) is 0 Å². The number of hydrogen-bond acceptors (Lipinski definition) is 4. The number of aromatic nitrogens is 2. The first-order valence-electron chi connectivity index (χ1n) is 9.48. The summed E-state index contributed by atoms with van der Waals surface area (Å²) in [7, 11) is 0. The van der Waals surface area contributed by atoms with Crippen LogP contribution in [0, 0.1) is 0 Å². The molecule has 0 bridgehead atoms. The summed E-state index contributed by atoms with van der Waals surface area (Å²) in [5, 5.41) is 0. The number of morpholine rings is 1. The van der Waals surface area contributed by atoms with E-state index in [0.717, 1.165) is 51.3 Å². The Morgan fingerprint density at radius 1 is 1.17 bits per heavy atom. The SMILES string of the molecule is O=C(CCN1CCC[C@@H]1c1nc2c([nH]1)CCCC2)N1CCOCC1. The smallest absolute Gasteiger partial charge is 0.224 e. The number of likely N-dealkylation sites (tertiary alicyclic amines) is 1. The Kier molecular flexibility index (Phi) is 4.85. The van der Waals surface area contributed by atoms with Gasteiger partial charge in [0, 0.05) is 31.7 Å². The lowest BCUT2D eigenvalue weighted by Gasteiger charge is -2.28. The number of amides is 1. The number of aromatic amines is 1. The number of rotatable bonds is 4. The Hall–Kier alpha value is -1.40. The maximum Gasteiger partial charge on any atom is 0.224 e. The van der Waals surface area contributed by atoms with Gasteiger partial charge in [0.2, 0.25) is 5.91 Å². The van der Waals surface area contributed by atoms with Crippen molar-refractivity contribution in [1.82, 2.24) is 19.8 Å². The summed E-state index contributed by atoms with van der Waals surface area (Å²) < 4.78 is 5.33. The van der Waals surface area contributed by atoms with Crippen molar-refractivity contribution in [3.8, 4) is 0 Å². The third-order valence-electron chi connectivity index (χ3n) is 5.63. The van der Waals surface area contributed by atoms with E-state index in [1.807, 2.05) is 4.90 Å². The van der Waals surface area contributed by atoms with Crippen LogP contribution in [0.4, 0.5) is 0 Å². The molecular formula is C18H28N4O2. The van der Waals surface area contributed by atoms with Gasteiger partial charge in [0.25, 0.3) is 0 Å². The molecule has 0 radical (unpaired) electrons. The molecule has 2 aliphatic heterocycles. The standard InChI is InChI=1S/C18H28N4O2/c23-17(22-10-12-24-13-11-22)7-9-21-8-3-6-16(21)18-19-14-4-1-2-5-15(14)20-18/h16H,1-13H2,(H,19,20)/t16-/m1/s1. The van der Waals surface area contributed by atoms with E-state index in [2.05, 4.69) is 9.88 Å². The second-order valence-corrected chi connectivity index (χ2v) is 7.19. The molecule has 4 rings (SSSR count). The molecule has 1 atom stereocenters. The summed E-state index contributed by atoms with van der Waals surface area (Å²) >= 11 is 0. The maximum atomic E-state index is 12.4. The van der Waals surface area contributed by atoms with E-state index in [4.69, 9.17) is 9.72 Å². The van der Waals surface area contributed by atoms with Gasteiger partial charge in [-0.3, -0.25) is 9.69 Å². The Morgan fingerprint density at radius 2 is 2.00 bits per heavy atom. The van der Waals surface area contributed by atoms with Gasteiger partial charge in [0.15, 0.2) is 0 Å². The van der Waals surface area contributed by atoms with Gasteiger partial charge in [0.1, 0.15) is 5.82 Å². The molecule has 1 amide bonds. The third-order valence-corrected chi connectivity index (χ3v) is 5.63. The van der Waals surface area contributed by atoms with Crippen LogP contribution in [-0.4, -0.2) is 65.1 Å². The highest BCUT2D eigenvalue weighted by atomic mass is 16.5. The fourth-order valence-electron chi connectivity index (χ4n) is 4.25. The van der Waals surface area contributed by atoms with E-state index in [1.165, 1.54) is 30.7 Å². The van der Waals surface area contributed by atoms with Crippen LogP contribution in [0.25, 0.3) is 0 Å². The predicted octanol–water partition coefficient (Wildman–Crippen LogP) is 1.67. The number of hydrogen-bond donors (Lipinski definition) is 1. The summed E-state index contributed by atoms with van der Waals surface area (Å²) in [4.78, 5) is 25.3. The molecule has 0 aromatic carbocycles. The number of fused-ring (bicyclic) bond motifs is 1. The first kappa shape index (κ1) is 16.1. The second kappa shape index (κ2) is 7.23. The molecule has 132 valence electrons. The lowest BCUT2D eigenvalue weighted by Crippen LogP contribution is -2.42. The third kappa shape index (κ3) is 3.35.